The Morgan fingerprint density at radius 3 is 2.03 bits per heavy atom. The molecule has 0 saturated carbocycles. The summed E-state index contributed by atoms with van der Waals surface area (Å²) in [7, 11) is 0. The van der Waals surface area contributed by atoms with Crippen LogP contribution in [0.1, 0.15) is 52.9 Å². The molecule has 0 spiro atoms. The van der Waals surface area contributed by atoms with Crippen LogP contribution in [0.4, 0.5) is 22.4 Å². The van der Waals surface area contributed by atoms with Gasteiger partial charge in [0.05, 0.1) is 6.42 Å². The number of ketones is 1. The van der Waals surface area contributed by atoms with Crippen molar-refractivity contribution in [1.82, 2.24) is 15.1 Å². The topological polar surface area (TPSA) is 105 Å². The van der Waals surface area contributed by atoms with E-state index < -0.39 is 77.3 Å². The number of likely N-dealkylation sites (tertiary alicyclic amines) is 2. The lowest BCUT2D eigenvalue weighted by molar-refractivity contribution is -0.156. The van der Waals surface area contributed by atoms with Crippen LogP contribution in [0, 0.1) is 29.2 Å². The molecule has 2 fully saturated rings. The van der Waals surface area contributed by atoms with E-state index in [9.17, 15) is 36.7 Å². The minimum absolute atomic E-state index is 0.00507. The van der Waals surface area contributed by atoms with Gasteiger partial charge in [0, 0.05) is 38.2 Å². The molecule has 0 bridgehead atoms. The summed E-state index contributed by atoms with van der Waals surface area (Å²) >= 11 is 0. The number of carbonyl (C=O) groups is 4. The highest BCUT2D eigenvalue weighted by Gasteiger charge is 2.34. The molecule has 0 radical (unpaired) electrons. The number of halogens is 4. The Hall–Kier alpha value is -3.38. The van der Waals surface area contributed by atoms with Crippen molar-refractivity contribution in [2.24, 2.45) is 5.92 Å². The van der Waals surface area contributed by atoms with Crippen LogP contribution < -0.4 is 10.1 Å². The lowest BCUT2D eigenvalue weighted by Crippen LogP contribution is -2.51. The molecule has 1 aromatic rings. The maximum atomic E-state index is 13.9. The fourth-order valence-electron chi connectivity index (χ4n) is 4.45. The number of nitrogens with one attached hydrogen (secondary N) is 1. The summed E-state index contributed by atoms with van der Waals surface area (Å²) < 4.78 is 64.8. The van der Waals surface area contributed by atoms with E-state index in [0.717, 1.165) is 12.8 Å². The van der Waals surface area contributed by atoms with Crippen molar-refractivity contribution >= 4 is 23.7 Å². The summed E-state index contributed by atoms with van der Waals surface area (Å²) in [6, 6.07) is -1.58. The number of hydrogen-bond donors (Lipinski definition) is 1. The van der Waals surface area contributed by atoms with Crippen molar-refractivity contribution in [3.63, 3.8) is 0 Å². The Kier molecular flexibility index (Phi) is 9.78. The van der Waals surface area contributed by atoms with Gasteiger partial charge >= 0.3 is 12.0 Å². The van der Waals surface area contributed by atoms with Crippen molar-refractivity contribution in [2.75, 3.05) is 32.8 Å². The third-order valence-electron chi connectivity index (χ3n) is 6.44. The van der Waals surface area contributed by atoms with Gasteiger partial charge in [-0.2, -0.15) is 8.78 Å². The second kappa shape index (κ2) is 12.6. The van der Waals surface area contributed by atoms with E-state index in [1.807, 2.05) is 0 Å². The molecule has 13 heteroatoms. The molecule has 2 aliphatic heterocycles. The lowest BCUT2D eigenvalue weighted by Gasteiger charge is -2.34. The molecule has 2 saturated heterocycles. The van der Waals surface area contributed by atoms with E-state index in [1.165, 1.54) is 0 Å². The Bertz CT molecular complexity index is 1070. The van der Waals surface area contributed by atoms with Crippen LogP contribution in [0.5, 0.6) is 5.75 Å². The third kappa shape index (κ3) is 8.06. The van der Waals surface area contributed by atoms with Crippen LogP contribution in [0.2, 0.25) is 0 Å². The number of Topliss-reactive ketones (excluding diaryl/α,β-unsaturated/α-hetero) is 1. The molecule has 3 amide bonds. The first kappa shape index (κ1) is 30.2. The van der Waals surface area contributed by atoms with E-state index in [2.05, 4.69) is 5.32 Å². The Morgan fingerprint density at radius 1 is 0.949 bits per heavy atom. The van der Waals surface area contributed by atoms with Gasteiger partial charge in [0.25, 0.3) is 0 Å². The molecule has 3 rings (SSSR count). The van der Waals surface area contributed by atoms with Gasteiger partial charge in [-0.25, -0.2) is 13.6 Å². The van der Waals surface area contributed by atoms with E-state index >= 15 is 0 Å². The summed E-state index contributed by atoms with van der Waals surface area (Å²) in [5, 5.41) is 2.47. The maximum Gasteiger partial charge on any atom is 0.319 e. The average molecular weight is 560 g/mol. The predicted molar refractivity (Wildman–Crippen MR) is 130 cm³/mol. The standard InChI is InChI=1S/C26H33F4N3O6/c1-26(2,3)39-20(35)13-18(19(34)14-38-23-21(29)16(27)12-17(28)22(23)30)31-24(36)15-6-10-33(11-7-15)25(37)32-8-4-5-9-32/h12,15,18H,4-11,13-14H2,1-3H3,(H,31,36)/t18-/m0/s1. The van der Waals surface area contributed by atoms with E-state index in [4.69, 9.17) is 9.47 Å². The largest absolute Gasteiger partial charge is 0.479 e. The van der Waals surface area contributed by atoms with E-state index in [-0.39, 0.29) is 12.1 Å². The quantitative estimate of drug-likeness (QED) is 0.298. The van der Waals surface area contributed by atoms with Gasteiger partial charge in [0.2, 0.25) is 17.5 Å². The Labute approximate surface area is 223 Å². The second-order valence-electron chi connectivity index (χ2n) is 10.6. The molecule has 39 heavy (non-hydrogen) atoms. The van der Waals surface area contributed by atoms with Crippen LogP contribution in [-0.4, -0.2) is 77.9 Å². The second-order valence-corrected chi connectivity index (χ2v) is 10.6. The molecule has 1 aromatic carbocycles. The van der Waals surface area contributed by atoms with Crippen LogP contribution in [0.25, 0.3) is 0 Å². The summed E-state index contributed by atoms with van der Waals surface area (Å²) in [5.41, 5.74) is -0.898. The van der Waals surface area contributed by atoms with Crippen molar-refractivity contribution in [3.05, 3.63) is 29.3 Å². The first-order valence-corrected chi connectivity index (χ1v) is 12.8. The normalized spacial score (nSPS) is 17.1. The molecular weight excluding hydrogens is 526 g/mol. The molecule has 0 unspecified atom stereocenters. The van der Waals surface area contributed by atoms with E-state index in [0.29, 0.717) is 39.0 Å². The third-order valence-corrected chi connectivity index (χ3v) is 6.44. The van der Waals surface area contributed by atoms with Crippen LogP contribution in [-0.2, 0) is 19.1 Å². The first-order chi connectivity index (χ1) is 18.3. The molecule has 0 aromatic heterocycles. The molecule has 2 aliphatic rings. The molecule has 216 valence electrons. The number of piperidine rings is 1. The number of hydrogen-bond acceptors (Lipinski definition) is 6. The van der Waals surface area contributed by atoms with E-state index in [1.54, 1.807) is 30.6 Å². The van der Waals surface area contributed by atoms with Gasteiger partial charge in [-0.15, -0.1) is 0 Å². The average Bonchev–Trinajstić information content (AvgIpc) is 3.40. The molecule has 9 nitrogen and oxygen atoms in total. The number of benzene rings is 1. The molecule has 1 atom stereocenters. The molecular formula is C26H33F4N3O6. The van der Waals surface area contributed by atoms with Crippen LogP contribution in [0.15, 0.2) is 6.07 Å². The number of urea groups is 1. The zero-order chi connectivity index (χ0) is 28.9. The van der Waals surface area contributed by atoms with Gasteiger partial charge in [-0.1, -0.05) is 0 Å². The van der Waals surface area contributed by atoms with Crippen molar-refractivity contribution in [1.29, 1.82) is 0 Å². The van der Waals surface area contributed by atoms with Crippen LogP contribution in [0.3, 0.4) is 0 Å². The van der Waals surface area contributed by atoms with Crippen LogP contribution >= 0.6 is 0 Å². The fraction of sp³-hybridized carbons (Fsp3) is 0.615. The highest BCUT2D eigenvalue weighted by molar-refractivity contribution is 5.93. The molecule has 2 heterocycles. The highest BCUT2D eigenvalue weighted by atomic mass is 19.2. The minimum Gasteiger partial charge on any atom is -0.479 e. The first-order valence-electron chi connectivity index (χ1n) is 12.8. The fourth-order valence-corrected chi connectivity index (χ4v) is 4.45. The number of carbonyl (C=O) groups excluding carboxylic acids is 4. The highest BCUT2D eigenvalue weighted by Crippen LogP contribution is 2.27. The lowest BCUT2D eigenvalue weighted by atomic mass is 9.95. The SMILES string of the molecule is CC(C)(C)OC(=O)C[C@H](NC(=O)C1CCN(C(=O)N2CCCC2)CC1)C(=O)COc1c(F)c(F)cc(F)c1F. The summed E-state index contributed by atoms with van der Waals surface area (Å²) in [5.74, 6) is -11.4. The zero-order valence-electron chi connectivity index (χ0n) is 22.2. The number of esters is 1. The monoisotopic (exact) mass is 559 g/mol. The van der Waals surface area contributed by atoms with Gasteiger partial charge in [-0.05, 0) is 46.5 Å². The molecule has 0 aliphatic carbocycles. The Morgan fingerprint density at radius 2 is 1.49 bits per heavy atom. The zero-order valence-corrected chi connectivity index (χ0v) is 22.2. The summed E-state index contributed by atoms with van der Waals surface area (Å²) in [6.45, 7) is 5.79. The summed E-state index contributed by atoms with van der Waals surface area (Å²) in [4.78, 5) is 54.3. The summed E-state index contributed by atoms with van der Waals surface area (Å²) in [6.07, 6.45) is 1.95. The number of amides is 3. The number of rotatable bonds is 8. The van der Waals surface area contributed by atoms with Gasteiger partial charge in [0.1, 0.15) is 18.2 Å². The molecule has 1 N–H and O–H groups in total. The van der Waals surface area contributed by atoms with Gasteiger partial charge in [-0.3, -0.25) is 14.4 Å². The smallest absolute Gasteiger partial charge is 0.319 e. The number of nitrogens with zero attached hydrogens (tertiary/aromatic N) is 2. The Balaban J connectivity index is 1.65. The predicted octanol–water partition coefficient (Wildman–Crippen LogP) is 3.34. The minimum atomic E-state index is -1.83. The van der Waals surface area contributed by atoms with Gasteiger partial charge < -0.3 is 24.6 Å². The van der Waals surface area contributed by atoms with Crippen molar-refractivity contribution in [3.8, 4) is 5.75 Å². The van der Waals surface area contributed by atoms with Gasteiger partial charge in [0.15, 0.2) is 23.2 Å². The maximum absolute atomic E-state index is 13.9. The number of ether oxygens (including phenoxy) is 2. The van der Waals surface area contributed by atoms with Crippen molar-refractivity contribution in [2.45, 2.75) is 64.5 Å². The van der Waals surface area contributed by atoms with Crippen molar-refractivity contribution < 1.29 is 46.2 Å².